The van der Waals surface area contributed by atoms with E-state index >= 15 is 0 Å². The van der Waals surface area contributed by atoms with E-state index in [9.17, 15) is 14.0 Å². The number of carbonyl (C=O) groups excluding carboxylic acids is 2. The number of urea groups is 1. The number of amides is 3. The summed E-state index contributed by atoms with van der Waals surface area (Å²) in [6.45, 7) is 0.449. The molecule has 4 rings (SSSR count). The van der Waals surface area contributed by atoms with E-state index in [-0.39, 0.29) is 37.4 Å². The van der Waals surface area contributed by atoms with Crippen LogP contribution in [0.4, 0.5) is 9.18 Å². The molecule has 0 unspecified atom stereocenters. The van der Waals surface area contributed by atoms with Gasteiger partial charge in [0.05, 0.1) is 6.54 Å². The predicted molar refractivity (Wildman–Crippen MR) is 85.9 cm³/mol. The Balaban J connectivity index is 1.48. The molecule has 2 aliphatic rings. The van der Waals surface area contributed by atoms with Crippen LogP contribution in [0, 0.1) is 5.82 Å². The first kappa shape index (κ1) is 15.8. The highest BCUT2D eigenvalue weighted by molar-refractivity contribution is 6.01. The van der Waals surface area contributed by atoms with Crippen LogP contribution in [0.1, 0.15) is 35.4 Å². The van der Waals surface area contributed by atoms with Crippen molar-refractivity contribution in [3.05, 3.63) is 52.7 Å². The van der Waals surface area contributed by atoms with Crippen LogP contribution in [0.25, 0.3) is 0 Å². The van der Waals surface area contributed by atoms with Gasteiger partial charge in [-0.1, -0.05) is 17.3 Å². The smallest absolute Gasteiger partial charge is 0.327 e. The second-order valence-corrected chi connectivity index (χ2v) is 6.48. The molecule has 7 heteroatoms. The fraction of sp³-hybridized carbons (Fsp3) is 0.389. The molecule has 1 saturated heterocycles. The minimum atomic E-state index is -0.345. The lowest BCUT2D eigenvalue weighted by molar-refractivity contribution is -0.125. The third-order valence-corrected chi connectivity index (χ3v) is 4.75. The first-order valence-corrected chi connectivity index (χ1v) is 8.42. The van der Waals surface area contributed by atoms with E-state index in [0.29, 0.717) is 5.69 Å². The summed E-state index contributed by atoms with van der Waals surface area (Å²) in [5.74, 6) is 0.299. The Morgan fingerprint density at radius 3 is 2.64 bits per heavy atom. The van der Waals surface area contributed by atoms with Crippen LogP contribution in [-0.2, 0) is 30.7 Å². The van der Waals surface area contributed by atoms with E-state index in [2.05, 4.69) is 5.16 Å². The summed E-state index contributed by atoms with van der Waals surface area (Å²) < 4.78 is 18.3. The van der Waals surface area contributed by atoms with E-state index in [1.807, 2.05) is 0 Å². The standard InChI is InChI=1S/C18H18FN3O3/c19-13-7-5-12(6-8-13)9-21-11-17(23)22(18(21)24)10-15-14-3-1-2-4-16(14)25-20-15/h5-8H,1-4,9-11H2. The van der Waals surface area contributed by atoms with Crippen LogP contribution in [0.2, 0.25) is 0 Å². The predicted octanol–water partition coefficient (Wildman–Crippen LogP) is 2.66. The van der Waals surface area contributed by atoms with Gasteiger partial charge in [-0.15, -0.1) is 0 Å². The second-order valence-electron chi connectivity index (χ2n) is 6.48. The van der Waals surface area contributed by atoms with Crippen molar-refractivity contribution < 1.29 is 18.5 Å². The van der Waals surface area contributed by atoms with Crippen molar-refractivity contribution in [1.82, 2.24) is 15.0 Å². The Labute approximate surface area is 144 Å². The fourth-order valence-electron chi connectivity index (χ4n) is 3.41. The van der Waals surface area contributed by atoms with Crippen LogP contribution in [0.3, 0.4) is 0 Å². The highest BCUT2D eigenvalue weighted by atomic mass is 19.1. The normalized spacial score (nSPS) is 17.3. The van der Waals surface area contributed by atoms with Crippen molar-refractivity contribution in [3.8, 4) is 0 Å². The number of hydrogen-bond donors (Lipinski definition) is 0. The first-order valence-electron chi connectivity index (χ1n) is 8.42. The molecule has 1 aromatic heterocycles. The zero-order chi connectivity index (χ0) is 17.4. The van der Waals surface area contributed by atoms with Crippen molar-refractivity contribution in [2.24, 2.45) is 0 Å². The molecule has 0 atom stereocenters. The van der Waals surface area contributed by atoms with Crippen molar-refractivity contribution in [2.75, 3.05) is 6.54 Å². The molecule has 0 N–H and O–H groups in total. The number of benzene rings is 1. The Morgan fingerprint density at radius 1 is 1.08 bits per heavy atom. The number of carbonyl (C=O) groups is 2. The Morgan fingerprint density at radius 2 is 1.84 bits per heavy atom. The second kappa shape index (κ2) is 6.31. The fourth-order valence-corrected chi connectivity index (χ4v) is 3.41. The van der Waals surface area contributed by atoms with E-state index < -0.39 is 0 Å². The summed E-state index contributed by atoms with van der Waals surface area (Å²) >= 11 is 0. The lowest BCUT2D eigenvalue weighted by Crippen LogP contribution is -2.32. The third kappa shape index (κ3) is 3.01. The number of aryl methyl sites for hydroxylation is 1. The van der Waals surface area contributed by atoms with Gasteiger partial charge >= 0.3 is 6.03 Å². The molecule has 130 valence electrons. The quantitative estimate of drug-likeness (QED) is 0.801. The maximum Gasteiger partial charge on any atom is 0.327 e. The van der Waals surface area contributed by atoms with Crippen molar-refractivity contribution in [1.29, 1.82) is 0 Å². The molecule has 1 fully saturated rings. The van der Waals surface area contributed by atoms with Gasteiger partial charge in [-0.2, -0.15) is 0 Å². The maximum atomic E-state index is 13.0. The zero-order valence-corrected chi connectivity index (χ0v) is 13.7. The minimum absolute atomic E-state index is 0.0241. The number of nitrogens with zero attached hydrogens (tertiary/aromatic N) is 3. The van der Waals surface area contributed by atoms with E-state index in [4.69, 9.17) is 4.52 Å². The lowest BCUT2D eigenvalue weighted by Gasteiger charge is -2.17. The molecule has 0 spiro atoms. The van der Waals surface area contributed by atoms with Crippen LogP contribution >= 0.6 is 0 Å². The topological polar surface area (TPSA) is 66.7 Å². The van der Waals surface area contributed by atoms with Crippen molar-refractivity contribution in [2.45, 2.75) is 38.8 Å². The molecule has 2 heterocycles. The monoisotopic (exact) mass is 343 g/mol. The average Bonchev–Trinajstić information content (AvgIpc) is 3.14. The van der Waals surface area contributed by atoms with Crippen molar-refractivity contribution >= 4 is 11.9 Å². The molecule has 1 aromatic carbocycles. The largest absolute Gasteiger partial charge is 0.361 e. The third-order valence-electron chi connectivity index (χ3n) is 4.75. The van der Waals surface area contributed by atoms with Gasteiger partial charge in [0.1, 0.15) is 23.8 Å². The summed E-state index contributed by atoms with van der Waals surface area (Å²) in [5.41, 5.74) is 2.51. The van der Waals surface area contributed by atoms with Crippen LogP contribution in [0.15, 0.2) is 28.8 Å². The van der Waals surface area contributed by atoms with Gasteiger partial charge in [0, 0.05) is 18.5 Å². The Hall–Kier alpha value is -2.70. The van der Waals surface area contributed by atoms with Gasteiger partial charge in [-0.3, -0.25) is 9.69 Å². The molecule has 0 bridgehead atoms. The minimum Gasteiger partial charge on any atom is -0.361 e. The molecular weight excluding hydrogens is 325 g/mol. The summed E-state index contributed by atoms with van der Waals surface area (Å²) in [6, 6.07) is 5.57. The maximum absolute atomic E-state index is 13.0. The van der Waals surface area contributed by atoms with E-state index in [0.717, 1.165) is 42.6 Å². The van der Waals surface area contributed by atoms with Crippen LogP contribution in [0.5, 0.6) is 0 Å². The summed E-state index contributed by atoms with van der Waals surface area (Å²) in [6.07, 6.45) is 3.89. The van der Waals surface area contributed by atoms with E-state index in [1.54, 1.807) is 12.1 Å². The molecule has 25 heavy (non-hydrogen) atoms. The summed E-state index contributed by atoms with van der Waals surface area (Å²) in [5, 5.41) is 4.07. The number of rotatable bonds is 4. The van der Waals surface area contributed by atoms with Gasteiger partial charge in [0.2, 0.25) is 0 Å². The van der Waals surface area contributed by atoms with Crippen LogP contribution < -0.4 is 0 Å². The molecule has 1 aliphatic carbocycles. The molecule has 1 aliphatic heterocycles. The van der Waals surface area contributed by atoms with Crippen LogP contribution in [-0.4, -0.2) is 33.4 Å². The van der Waals surface area contributed by atoms with E-state index in [1.165, 1.54) is 21.9 Å². The SMILES string of the molecule is O=C1CN(Cc2ccc(F)cc2)C(=O)N1Cc1noc2c1CCCC2. The van der Waals surface area contributed by atoms with Crippen molar-refractivity contribution in [3.63, 3.8) is 0 Å². The summed E-state index contributed by atoms with van der Waals surface area (Å²) in [4.78, 5) is 27.5. The number of fused-ring (bicyclic) bond motifs is 1. The van der Waals surface area contributed by atoms with Gasteiger partial charge in [-0.05, 0) is 37.0 Å². The number of halogens is 1. The number of aromatic nitrogens is 1. The van der Waals surface area contributed by atoms with Gasteiger partial charge < -0.3 is 9.42 Å². The first-order chi connectivity index (χ1) is 12.1. The average molecular weight is 343 g/mol. The van der Waals surface area contributed by atoms with Gasteiger partial charge in [0.15, 0.2) is 0 Å². The molecule has 2 aromatic rings. The highest BCUT2D eigenvalue weighted by Gasteiger charge is 2.37. The van der Waals surface area contributed by atoms with Gasteiger partial charge in [-0.25, -0.2) is 9.18 Å². The molecule has 3 amide bonds. The summed E-state index contributed by atoms with van der Waals surface area (Å²) in [7, 11) is 0. The number of hydrogen-bond acceptors (Lipinski definition) is 4. The molecule has 6 nitrogen and oxygen atoms in total. The zero-order valence-electron chi connectivity index (χ0n) is 13.7. The lowest BCUT2D eigenvalue weighted by atomic mass is 9.96. The molecule has 0 radical (unpaired) electrons. The molecular formula is C18H18FN3O3. The van der Waals surface area contributed by atoms with Gasteiger partial charge in [0.25, 0.3) is 5.91 Å². The molecule has 0 saturated carbocycles. The Kier molecular flexibility index (Phi) is 3.99. The highest BCUT2D eigenvalue weighted by Crippen LogP contribution is 2.26. The number of imide groups is 1. The Bertz CT molecular complexity index is 815.